The molecule has 17 rings (SSSR count). The van der Waals surface area contributed by atoms with E-state index < -0.39 is 0 Å². The first-order valence-corrected chi connectivity index (χ1v) is 26.3. The molecule has 0 spiro atoms. The quantitative estimate of drug-likeness (QED) is 0.173. The maximum Gasteiger partial charge on any atom is 0.0747 e. The molecule has 0 saturated carbocycles. The minimum Gasteiger partial charge on any atom is -0.309 e. The third kappa shape index (κ3) is 4.99. The van der Waals surface area contributed by atoms with Crippen LogP contribution in [0.3, 0.4) is 0 Å². The van der Waals surface area contributed by atoms with Crippen molar-refractivity contribution in [2.45, 2.75) is 5.92 Å². The van der Waals surface area contributed by atoms with E-state index in [1.54, 1.807) is 0 Å². The van der Waals surface area contributed by atoms with Crippen molar-refractivity contribution >= 4 is 149 Å². The van der Waals surface area contributed by atoms with Crippen LogP contribution in [0.4, 0.5) is 0 Å². The van der Waals surface area contributed by atoms with Gasteiger partial charge < -0.3 is 9.13 Å². The highest BCUT2D eigenvalue weighted by Crippen LogP contribution is 2.54. The Morgan fingerprint density at radius 2 is 0.843 bits per heavy atom. The molecule has 1 atom stereocenters. The van der Waals surface area contributed by atoms with Gasteiger partial charge in [0.1, 0.15) is 0 Å². The summed E-state index contributed by atoms with van der Waals surface area (Å²) >= 11 is 5.66. The molecule has 0 amide bonds. The third-order valence-corrected chi connectivity index (χ3v) is 18.8. The van der Waals surface area contributed by atoms with Crippen LogP contribution < -0.4 is 0 Å². The summed E-state index contributed by atoms with van der Waals surface area (Å²) in [7, 11) is 0. The Balaban J connectivity index is 1.02. The van der Waals surface area contributed by atoms with Crippen molar-refractivity contribution in [1.29, 1.82) is 0 Å². The monoisotopic (exact) mass is 941 g/mol. The SMILES string of the molecule is c1ccc2c(c1)-c1cc3c(cc1C2c1cc(-n2c4ccccc4c4cc5c(cc42)sc2ccccc25)cc2nccc(-n4c5ccccc5c5cc6c(cc54)sc4ccccc46)c12)sc1ccccc13. The maximum absolute atomic E-state index is 5.40. The lowest BCUT2D eigenvalue weighted by Crippen LogP contribution is -2.06. The molecule has 16 aromatic rings. The number of thiophene rings is 3. The number of hydrogen-bond donors (Lipinski definition) is 0. The molecule has 10 aromatic carbocycles. The van der Waals surface area contributed by atoms with Gasteiger partial charge in [0.05, 0.1) is 33.3 Å². The molecule has 6 aromatic heterocycles. The van der Waals surface area contributed by atoms with Crippen LogP contribution in [0.25, 0.3) is 138 Å². The number of fused-ring (bicyclic) bond motifs is 19. The van der Waals surface area contributed by atoms with Gasteiger partial charge in [-0.25, -0.2) is 0 Å². The Kier molecular flexibility index (Phi) is 7.44. The molecule has 3 nitrogen and oxygen atoms in total. The standard InChI is InChI=1S/C64H35N3S3/c1-2-19-42-36(13-1)43-29-46-39-16-5-10-22-57(39)68-60(46)32-49(43)63(42)50-27-35(66-52-20-8-3-14-37(52)44-30-47-40-17-6-11-23-58(40)69-61(47)33-55(44)66)28-51-64(50)54(25-26-65-51)67-53-21-9-4-15-38(53)45-31-48-41-18-7-12-24-59(41)70-62(48)34-56(45)67/h1-34,63H. The first kappa shape index (κ1) is 37.8. The zero-order chi connectivity index (χ0) is 45.3. The maximum atomic E-state index is 5.40. The lowest BCUT2D eigenvalue weighted by molar-refractivity contribution is 1.02. The van der Waals surface area contributed by atoms with Gasteiger partial charge in [0.25, 0.3) is 0 Å². The van der Waals surface area contributed by atoms with Crippen molar-refractivity contribution in [3.05, 3.63) is 223 Å². The fraction of sp³-hybridized carbons (Fsp3) is 0.0156. The average molecular weight is 942 g/mol. The lowest BCUT2D eigenvalue weighted by atomic mass is 9.86. The number of pyridine rings is 1. The van der Waals surface area contributed by atoms with Gasteiger partial charge in [-0.15, -0.1) is 34.0 Å². The molecule has 1 aliphatic rings. The number of rotatable bonds is 3. The van der Waals surface area contributed by atoms with E-state index in [1.807, 2.05) is 40.2 Å². The molecule has 0 N–H and O–H groups in total. The minimum absolute atomic E-state index is 0.0593. The Morgan fingerprint density at radius 1 is 0.329 bits per heavy atom. The van der Waals surface area contributed by atoms with Crippen LogP contribution in [0.15, 0.2) is 206 Å². The second kappa shape index (κ2) is 13.8. The zero-order valence-electron chi connectivity index (χ0n) is 37.3. The highest BCUT2D eigenvalue weighted by molar-refractivity contribution is 7.26. The van der Waals surface area contributed by atoms with Gasteiger partial charge in [-0.2, -0.15) is 0 Å². The molecule has 1 aliphatic carbocycles. The molecule has 70 heavy (non-hydrogen) atoms. The van der Waals surface area contributed by atoms with Crippen LogP contribution in [-0.4, -0.2) is 14.1 Å². The molecule has 324 valence electrons. The van der Waals surface area contributed by atoms with Crippen LogP contribution in [0.2, 0.25) is 0 Å². The van der Waals surface area contributed by atoms with Gasteiger partial charge in [-0.3, -0.25) is 4.98 Å². The van der Waals surface area contributed by atoms with Crippen LogP contribution in [-0.2, 0) is 0 Å². The van der Waals surface area contributed by atoms with E-state index in [1.165, 1.54) is 137 Å². The van der Waals surface area contributed by atoms with E-state index in [2.05, 4.69) is 209 Å². The molecular weight excluding hydrogens is 907 g/mol. The predicted octanol–water partition coefficient (Wildman–Crippen LogP) is 18.7. The van der Waals surface area contributed by atoms with Crippen molar-refractivity contribution in [2.24, 2.45) is 0 Å². The number of aromatic nitrogens is 3. The van der Waals surface area contributed by atoms with Crippen molar-refractivity contribution in [2.75, 3.05) is 0 Å². The summed E-state index contributed by atoms with van der Waals surface area (Å²) in [6.07, 6.45) is 2.04. The van der Waals surface area contributed by atoms with Crippen LogP contribution in [0.5, 0.6) is 0 Å². The summed E-state index contributed by atoms with van der Waals surface area (Å²) < 4.78 is 12.9. The van der Waals surface area contributed by atoms with Crippen molar-refractivity contribution in [3.8, 4) is 22.5 Å². The summed E-state index contributed by atoms with van der Waals surface area (Å²) in [5.41, 5.74) is 14.6. The first-order valence-electron chi connectivity index (χ1n) is 23.9. The fourth-order valence-electron chi connectivity index (χ4n) is 12.5. The topological polar surface area (TPSA) is 22.8 Å². The highest BCUT2D eigenvalue weighted by atomic mass is 32.1. The summed E-state index contributed by atoms with van der Waals surface area (Å²) in [6, 6.07) is 75.6. The first-order chi connectivity index (χ1) is 34.7. The summed E-state index contributed by atoms with van der Waals surface area (Å²) in [5.74, 6) is -0.0593. The largest absolute Gasteiger partial charge is 0.309 e. The van der Waals surface area contributed by atoms with Gasteiger partial charge in [-0.1, -0.05) is 115 Å². The molecule has 0 saturated heterocycles. The Hall–Kier alpha value is -8.13. The Morgan fingerprint density at radius 3 is 1.49 bits per heavy atom. The predicted molar refractivity (Wildman–Crippen MR) is 302 cm³/mol. The van der Waals surface area contributed by atoms with Crippen LogP contribution >= 0.6 is 34.0 Å². The minimum atomic E-state index is -0.0593. The molecule has 0 fully saturated rings. The highest BCUT2D eigenvalue weighted by Gasteiger charge is 2.34. The number of hydrogen-bond acceptors (Lipinski definition) is 4. The number of benzene rings is 10. The zero-order valence-corrected chi connectivity index (χ0v) is 39.7. The molecule has 6 heterocycles. The smallest absolute Gasteiger partial charge is 0.0747 e. The third-order valence-electron chi connectivity index (χ3n) is 15.4. The van der Waals surface area contributed by atoms with E-state index >= 15 is 0 Å². The normalized spacial score (nSPS) is 13.9. The Bertz CT molecular complexity index is 4980. The fourth-order valence-corrected chi connectivity index (χ4v) is 15.9. The van der Waals surface area contributed by atoms with Gasteiger partial charge in [0.2, 0.25) is 0 Å². The van der Waals surface area contributed by atoms with Crippen molar-refractivity contribution in [1.82, 2.24) is 14.1 Å². The summed E-state index contributed by atoms with van der Waals surface area (Å²) in [4.78, 5) is 5.40. The van der Waals surface area contributed by atoms with Crippen LogP contribution in [0.1, 0.15) is 22.6 Å². The van der Waals surface area contributed by atoms with E-state index in [0.29, 0.717) is 0 Å². The van der Waals surface area contributed by atoms with Gasteiger partial charge >= 0.3 is 0 Å². The lowest BCUT2D eigenvalue weighted by Gasteiger charge is -2.22. The second-order valence-corrected chi connectivity index (χ2v) is 22.2. The molecule has 6 heteroatoms. The van der Waals surface area contributed by atoms with Crippen LogP contribution in [0, 0.1) is 0 Å². The molecule has 0 aliphatic heterocycles. The van der Waals surface area contributed by atoms with Crippen molar-refractivity contribution in [3.63, 3.8) is 0 Å². The average Bonchev–Trinajstić information content (AvgIpc) is 4.25. The molecule has 0 bridgehead atoms. The van der Waals surface area contributed by atoms with Gasteiger partial charge in [0, 0.05) is 105 Å². The molecule has 1 unspecified atom stereocenters. The van der Waals surface area contributed by atoms with Gasteiger partial charge in [0.15, 0.2) is 0 Å². The second-order valence-electron chi connectivity index (χ2n) is 18.9. The van der Waals surface area contributed by atoms with E-state index in [-0.39, 0.29) is 5.92 Å². The van der Waals surface area contributed by atoms with Gasteiger partial charge in [-0.05, 0) is 113 Å². The van der Waals surface area contributed by atoms with E-state index in [9.17, 15) is 0 Å². The summed E-state index contributed by atoms with van der Waals surface area (Å²) in [6.45, 7) is 0. The number of para-hydroxylation sites is 2. The van der Waals surface area contributed by atoms with E-state index in [4.69, 9.17) is 4.98 Å². The molecular formula is C64H35N3S3. The number of nitrogens with zero attached hydrogens (tertiary/aromatic N) is 3. The van der Waals surface area contributed by atoms with E-state index in [0.717, 1.165) is 16.9 Å². The summed E-state index contributed by atoms with van der Waals surface area (Å²) in [5, 5.41) is 14.1. The molecule has 0 radical (unpaired) electrons. The van der Waals surface area contributed by atoms with Crippen molar-refractivity contribution < 1.29 is 0 Å². The Labute approximate surface area is 411 Å².